The SMILES string of the molecule is CCC(C)NC(N)=NCC(C(C)C)N1CCCCCC1.I. The lowest BCUT2D eigenvalue weighted by Crippen LogP contribution is -2.43. The summed E-state index contributed by atoms with van der Waals surface area (Å²) in [5.74, 6) is 1.22. The molecule has 1 fully saturated rings. The Morgan fingerprint density at radius 3 is 2.19 bits per heavy atom. The van der Waals surface area contributed by atoms with Crippen molar-refractivity contribution in [3.8, 4) is 0 Å². The Morgan fingerprint density at radius 2 is 1.71 bits per heavy atom. The number of nitrogens with one attached hydrogen (secondary N) is 1. The molecule has 1 heterocycles. The van der Waals surface area contributed by atoms with Gasteiger partial charge in [-0.05, 0) is 45.2 Å². The third kappa shape index (κ3) is 8.24. The average molecular weight is 410 g/mol. The number of halogens is 1. The van der Waals surface area contributed by atoms with E-state index in [0.717, 1.165) is 13.0 Å². The van der Waals surface area contributed by atoms with E-state index in [-0.39, 0.29) is 24.0 Å². The van der Waals surface area contributed by atoms with Crippen LogP contribution in [-0.2, 0) is 0 Å². The fourth-order valence-corrected chi connectivity index (χ4v) is 2.77. The molecule has 1 rings (SSSR count). The van der Waals surface area contributed by atoms with Gasteiger partial charge in [0.2, 0.25) is 0 Å². The Hall–Kier alpha value is -0.0400. The quantitative estimate of drug-likeness (QED) is 0.402. The number of aliphatic imine (C=N–C) groups is 1. The van der Waals surface area contributed by atoms with Crippen LogP contribution in [-0.4, -0.2) is 42.6 Å². The van der Waals surface area contributed by atoms with E-state index in [1.807, 2.05) is 0 Å². The first kappa shape index (κ1) is 21.0. The molecule has 2 atom stereocenters. The number of nitrogens with zero attached hydrogens (tertiary/aromatic N) is 2. The fraction of sp³-hybridized carbons (Fsp3) is 0.938. The fourth-order valence-electron chi connectivity index (χ4n) is 2.77. The summed E-state index contributed by atoms with van der Waals surface area (Å²) in [6, 6.07) is 0.916. The minimum absolute atomic E-state index is 0. The molecule has 0 aromatic carbocycles. The molecule has 1 aliphatic heterocycles. The molecule has 1 saturated heterocycles. The zero-order valence-electron chi connectivity index (χ0n) is 14.3. The number of nitrogens with two attached hydrogens (primary N) is 1. The average Bonchev–Trinajstić information content (AvgIpc) is 2.67. The molecule has 21 heavy (non-hydrogen) atoms. The van der Waals surface area contributed by atoms with Gasteiger partial charge in [0.1, 0.15) is 0 Å². The van der Waals surface area contributed by atoms with Crippen LogP contribution >= 0.6 is 24.0 Å². The van der Waals surface area contributed by atoms with Gasteiger partial charge in [-0.1, -0.05) is 33.6 Å². The second-order valence-electron chi connectivity index (χ2n) is 6.44. The number of hydrogen-bond acceptors (Lipinski definition) is 2. The van der Waals surface area contributed by atoms with E-state index in [1.165, 1.54) is 38.8 Å². The molecular formula is C16H35IN4. The predicted octanol–water partition coefficient (Wildman–Crippen LogP) is 3.21. The van der Waals surface area contributed by atoms with Crippen LogP contribution < -0.4 is 11.1 Å². The molecular weight excluding hydrogens is 375 g/mol. The molecule has 0 aliphatic carbocycles. The van der Waals surface area contributed by atoms with E-state index in [1.54, 1.807) is 0 Å². The molecule has 4 nitrogen and oxygen atoms in total. The Balaban J connectivity index is 0.00000400. The van der Waals surface area contributed by atoms with Crippen LogP contribution in [0.2, 0.25) is 0 Å². The van der Waals surface area contributed by atoms with Gasteiger partial charge in [-0.2, -0.15) is 0 Å². The first-order valence-corrected chi connectivity index (χ1v) is 8.35. The van der Waals surface area contributed by atoms with Crippen LogP contribution in [0.4, 0.5) is 0 Å². The summed E-state index contributed by atoms with van der Waals surface area (Å²) in [6.07, 6.45) is 6.47. The number of likely N-dealkylation sites (tertiary alicyclic amines) is 1. The summed E-state index contributed by atoms with van der Waals surface area (Å²) in [6.45, 7) is 12.1. The number of guanidine groups is 1. The molecule has 1 aliphatic rings. The Morgan fingerprint density at radius 1 is 1.14 bits per heavy atom. The van der Waals surface area contributed by atoms with Crippen LogP contribution in [0, 0.1) is 5.92 Å². The molecule has 0 spiro atoms. The van der Waals surface area contributed by atoms with Crippen molar-refractivity contribution in [2.45, 2.75) is 71.9 Å². The van der Waals surface area contributed by atoms with E-state index >= 15 is 0 Å². The van der Waals surface area contributed by atoms with Gasteiger partial charge >= 0.3 is 0 Å². The summed E-state index contributed by atoms with van der Waals surface area (Å²) >= 11 is 0. The first-order chi connectivity index (χ1) is 9.54. The maximum Gasteiger partial charge on any atom is 0.188 e. The van der Waals surface area contributed by atoms with Crippen LogP contribution in [0.3, 0.4) is 0 Å². The lowest BCUT2D eigenvalue weighted by Gasteiger charge is -2.32. The second-order valence-corrected chi connectivity index (χ2v) is 6.44. The van der Waals surface area contributed by atoms with Crippen molar-refractivity contribution in [2.24, 2.45) is 16.6 Å². The predicted molar refractivity (Wildman–Crippen MR) is 103 cm³/mol. The minimum Gasteiger partial charge on any atom is -0.370 e. The highest BCUT2D eigenvalue weighted by atomic mass is 127. The molecule has 0 saturated carbocycles. The molecule has 0 amide bonds. The maximum absolute atomic E-state index is 5.98. The van der Waals surface area contributed by atoms with Gasteiger partial charge in [0, 0.05) is 12.1 Å². The number of rotatable bonds is 6. The van der Waals surface area contributed by atoms with Crippen molar-refractivity contribution in [3.05, 3.63) is 0 Å². The van der Waals surface area contributed by atoms with Crippen LogP contribution in [0.25, 0.3) is 0 Å². The van der Waals surface area contributed by atoms with Crippen LogP contribution in [0.15, 0.2) is 4.99 Å². The van der Waals surface area contributed by atoms with E-state index < -0.39 is 0 Å². The molecule has 0 bridgehead atoms. The molecule has 3 N–H and O–H groups in total. The molecule has 126 valence electrons. The minimum atomic E-state index is 0. The van der Waals surface area contributed by atoms with Gasteiger partial charge < -0.3 is 11.1 Å². The highest BCUT2D eigenvalue weighted by molar-refractivity contribution is 14.0. The third-order valence-electron chi connectivity index (χ3n) is 4.33. The van der Waals surface area contributed by atoms with E-state index in [4.69, 9.17) is 5.73 Å². The van der Waals surface area contributed by atoms with Gasteiger partial charge in [0.05, 0.1) is 6.54 Å². The highest BCUT2D eigenvalue weighted by Crippen LogP contribution is 2.17. The molecule has 0 aromatic rings. The second kappa shape index (κ2) is 11.5. The van der Waals surface area contributed by atoms with Crippen molar-refractivity contribution in [3.63, 3.8) is 0 Å². The van der Waals surface area contributed by atoms with Gasteiger partial charge in [-0.15, -0.1) is 24.0 Å². The van der Waals surface area contributed by atoms with E-state index in [2.05, 4.69) is 42.9 Å². The third-order valence-corrected chi connectivity index (χ3v) is 4.33. The standard InChI is InChI=1S/C16H34N4.HI/c1-5-14(4)19-16(17)18-12-15(13(2)3)20-10-8-6-7-9-11-20;/h13-15H,5-12H2,1-4H3,(H3,17,18,19);1H. The van der Waals surface area contributed by atoms with Crippen LogP contribution in [0.5, 0.6) is 0 Å². The summed E-state index contributed by atoms with van der Waals surface area (Å²) in [5.41, 5.74) is 5.98. The lowest BCUT2D eigenvalue weighted by molar-refractivity contribution is 0.166. The zero-order valence-corrected chi connectivity index (χ0v) is 16.6. The largest absolute Gasteiger partial charge is 0.370 e. The molecule has 0 aromatic heterocycles. The van der Waals surface area contributed by atoms with E-state index in [9.17, 15) is 0 Å². The van der Waals surface area contributed by atoms with Crippen molar-refractivity contribution in [2.75, 3.05) is 19.6 Å². The van der Waals surface area contributed by atoms with E-state index in [0.29, 0.717) is 24.0 Å². The van der Waals surface area contributed by atoms with Gasteiger partial charge in [-0.25, -0.2) is 0 Å². The first-order valence-electron chi connectivity index (χ1n) is 8.35. The van der Waals surface area contributed by atoms with Gasteiger partial charge in [-0.3, -0.25) is 9.89 Å². The van der Waals surface area contributed by atoms with Crippen molar-refractivity contribution in [1.29, 1.82) is 0 Å². The summed E-state index contributed by atoms with van der Waals surface area (Å²) in [7, 11) is 0. The molecule has 2 unspecified atom stereocenters. The maximum atomic E-state index is 5.98. The lowest BCUT2D eigenvalue weighted by atomic mass is 10.0. The monoisotopic (exact) mass is 410 g/mol. The highest BCUT2D eigenvalue weighted by Gasteiger charge is 2.22. The summed E-state index contributed by atoms with van der Waals surface area (Å²) < 4.78 is 0. The van der Waals surface area contributed by atoms with Gasteiger partial charge in [0.25, 0.3) is 0 Å². The molecule has 5 heteroatoms. The Bertz CT molecular complexity index is 286. The normalized spacial score (nSPS) is 20.5. The topological polar surface area (TPSA) is 53.6 Å². The van der Waals surface area contributed by atoms with Crippen molar-refractivity contribution in [1.82, 2.24) is 10.2 Å². The van der Waals surface area contributed by atoms with Gasteiger partial charge in [0.15, 0.2) is 5.96 Å². The van der Waals surface area contributed by atoms with Crippen molar-refractivity contribution >= 4 is 29.9 Å². The molecule has 0 radical (unpaired) electrons. The smallest absolute Gasteiger partial charge is 0.188 e. The summed E-state index contributed by atoms with van der Waals surface area (Å²) in [5, 5.41) is 3.25. The number of hydrogen-bond donors (Lipinski definition) is 2. The zero-order chi connectivity index (χ0) is 15.0. The van der Waals surface area contributed by atoms with Crippen molar-refractivity contribution < 1.29 is 0 Å². The van der Waals surface area contributed by atoms with Crippen LogP contribution in [0.1, 0.15) is 59.8 Å². The summed E-state index contributed by atoms with van der Waals surface area (Å²) in [4.78, 5) is 7.20. The Kier molecular flexibility index (Phi) is 11.5. The Labute approximate surface area is 148 Å².